The minimum atomic E-state index is -0.418. The van der Waals surface area contributed by atoms with E-state index in [-0.39, 0.29) is 13.0 Å². The van der Waals surface area contributed by atoms with Gasteiger partial charge in [0.15, 0.2) is 0 Å². The van der Waals surface area contributed by atoms with Crippen LogP contribution < -0.4 is 16.2 Å². The summed E-state index contributed by atoms with van der Waals surface area (Å²) in [6.45, 7) is 0.235. The predicted molar refractivity (Wildman–Crippen MR) is 112 cm³/mol. The van der Waals surface area contributed by atoms with Crippen LogP contribution in [-0.2, 0) is 17.8 Å². The van der Waals surface area contributed by atoms with Gasteiger partial charge in [0.25, 0.3) is 0 Å². The van der Waals surface area contributed by atoms with Crippen molar-refractivity contribution >= 4 is 40.2 Å². The number of fused-ring (bicyclic) bond motifs is 1. The summed E-state index contributed by atoms with van der Waals surface area (Å²) in [6, 6.07) is 12.9. The molecular formula is C20H17ClN4O2S. The van der Waals surface area contributed by atoms with Crippen molar-refractivity contribution in [3.63, 3.8) is 0 Å². The molecule has 1 amide bonds. The molecule has 0 unspecified atom stereocenters. The van der Waals surface area contributed by atoms with Crippen LogP contribution in [-0.4, -0.2) is 15.3 Å². The van der Waals surface area contributed by atoms with Crippen molar-refractivity contribution in [2.75, 3.05) is 5.73 Å². The monoisotopic (exact) mass is 412 g/mol. The zero-order chi connectivity index (χ0) is 19.7. The maximum absolute atomic E-state index is 11.5. The number of amides is 1. The first kappa shape index (κ1) is 18.3. The number of nitrogens with zero attached hydrogens (tertiary/aromatic N) is 2. The van der Waals surface area contributed by atoms with E-state index >= 15 is 0 Å². The van der Waals surface area contributed by atoms with Gasteiger partial charge in [0.2, 0.25) is 5.91 Å². The third kappa shape index (κ3) is 3.67. The maximum atomic E-state index is 11.5. The van der Waals surface area contributed by atoms with Crippen LogP contribution in [0.1, 0.15) is 10.4 Å². The Kier molecular flexibility index (Phi) is 4.93. The van der Waals surface area contributed by atoms with Crippen molar-refractivity contribution in [2.45, 2.75) is 13.0 Å². The maximum Gasteiger partial charge on any atom is 0.222 e. The molecule has 0 aliphatic heterocycles. The van der Waals surface area contributed by atoms with Crippen LogP contribution in [0.25, 0.3) is 16.2 Å². The molecule has 1 aromatic carbocycles. The number of nitrogen functional groups attached to an aromatic ring is 1. The van der Waals surface area contributed by atoms with E-state index in [0.29, 0.717) is 16.5 Å². The summed E-state index contributed by atoms with van der Waals surface area (Å²) in [5.41, 5.74) is 14.4. The van der Waals surface area contributed by atoms with Crippen LogP contribution >= 0.6 is 22.9 Å². The lowest BCUT2D eigenvalue weighted by Gasteiger charge is -2.08. The Morgan fingerprint density at radius 2 is 2.11 bits per heavy atom. The Hall–Kier alpha value is -3.03. The lowest BCUT2D eigenvalue weighted by atomic mass is 10.2. The number of primary amides is 1. The first-order chi connectivity index (χ1) is 13.5. The first-order valence-corrected chi connectivity index (χ1v) is 9.71. The Bertz CT molecular complexity index is 1170. The second-order valence-corrected chi connectivity index (χ2v) is 7.80. The number of anilines is 1. The Balaban J connectivity index is 1.68. The molecule has 28 heavy (non-hydrogen) atoms. The largest absolute Gasteiger partial charge is 0.488 e. The standard InChI is InChI=1S/C20H17ClN4O2S/c21-14-5-4-13(22)7-12(14)11-27-16-8-17(28-18(16)9-19(23)26)15-10-24-20-3-1-2-6-25(15)20/h1-8,10H,9,11,22H2,(H2,23,26). The minimum Gasteiger partial charge on any atom is -0.488 e. The highest BCUT2D eigenvalue weighted by Crippen LogP contribution is 2.37. The lowest BCUT2D eigenvalue weighted by molar-refractivity contribution is -0.117. The molecule has 6 nitrogen and oxygen atoms in total. The molecule has 0 saturated carbocycles. The minimum absolute atomic E-state index is 0.0986. The molecule has 8 heteroatoms. The molecular weight excluding hydrogens is 396 g/mol. The lowest BCUT2D eigenvalue weighted by Crippen LogP contribution is -2.13. The van der Waals surface area contributed by atoms with E-state index in [9.17, 15) is 4.79 Å². The molecule has 0 bridgehead atoms. The van der Waals surface area contributed by atoms with Crippen molar-refractivity contribution in [3.05, 3.63) is 70.3 Å². The fraction of sp³-hybridized carbons (Fsp3) is 0.100. The molecule has 0 saturated heterocycles. The fourth-order valence-electron chi connectivity index (χ4n) is 2.92. The average Bonchev–Trinajstić information content (AvgIpc) is 3.26. The van der Waals surface area contributed by atoms with Crippen LogP contribution in [0, 0.1) is 0 Å². The van der Waals surface area contributed by atoms with E-state index in [1.807, 2.05) is 34.9 Å². The molecule has 0 atom stereocenters. The number of hydrogen-bond acceptors (Lipinski definition) is 5. The van der Waals surface area contributed by atoms with Gasteiger partial charge in [-0.05, 0) is 30.3 Å². The summed E-state index contributed by atoms with van der Waals surface area (Å²) < 4.78 is 7.97. The van der Waals surface area contributed by atoms with Crippen LogP contribution in [0.4, 0.5) is 5.69 Å². The highest BCUT2D eigenvalue weighted by Gasteiger charge is 2.17. The molecule has 4 aromatic rings. The van der Waals surface area contributed by atoms with Gasteiger partial charge in [-0.2, -0.15) is 0 Å². The van der Waals surface area contributed by atoms with E-state index < -0.39 is 5.91 Å². The summed E-state index contributed by atoms with van der Waals surface area (Å²) in [7, 11) is 0. The van der Waals surface area contributed by atoms with Crippen molar-refractivity contribution in [1.82, 2.24) is 9.38 Å². The number of carbonyl (C=O) groups is 1. The highest BCUT2D eigenvalue weighted by molar-refractivity contribution is 7.15. The number of pyridine rings is 1. The number of halogens is 1. The molecule has 4 N–H and O–H groups in total. The summed E-state index contributed by atoms with van der Waals surface area (Å²) >= 11 is 7.68. The normalized spacial score (nSPS) is 11.0. The smallest absolute Gasteiger partial charge is 0.222 e. The van der Waals surface area contributed by atoms with Gasteiger partial charge in [-0.3, -0.25) is 9.20 Å². The van der Waals surface area contributed by atoms with Crippen LogP contribution in [0.2, 0.25) is 5.02 Å². The molecule has 0 aliphatic carbocycles. The summed E-state index contributed by atoms with van der Waals surface area (Å²) in [4.78, 5) is 17.6. The van der Waals surface area contributed by atoms with Gasteiger partial charge >= 0.3 is 0 Å². The second kappa shape index (κ2) is 7.53. The molecule has 4 rings (SSSR count). The number of imidazole rings is 1. The van der Waals surface area contributed by atoms with Crippen LogP contribution in [0.5, 0.6) is 5.75 Å². The molecule has 0 aliphatic rings. The molecule has 0 spiro atoms. The number of hydrogen-bond donors (Lipinski definition) is 2. The molecule has 0 fully saturated rings. The van der Waals surface area contributed by atoms with Gasteiger partial charge in [-0.1, -0.05) is 17.7 Å². The van der Waals surface area contributed by atoms with E-state index in [2.05, 4.69) is 4.98 Å². The topological polar surface area (TPSA) is 95.6 Å². The predicted octanol–water partition coefficient (Wildman–Crippen LogP) is 3.91. The second-order valence-electron chi connectivity index (χ2n) is 6.25. The van der Waals surface area contributed by atoms with Crippen LogP contribution in [0.3, 0.4) is 0 Å². The first-order valence-electron chi connectivity index (χ1n) is 8.51. The zero-order valence-electron chi connectivity index (χ0n) is 14.8. The van der Waals surface area contributed by atoms with E-state index in [1.54, 1.807) is 24.4 Å². The van der Waals surface area contributed by atoms with Gasteiger partial charge in [-0.15, -0.1) is 11.3 Å². The Labute approximate surface area is 170 Å². The summed E-state index contributed by atoms with van der Waals surface area (Å²) in [5, 5.41) is 0.572. The SMILES string of the molecule is NC(=O)Cc1sc(-c2cnc3ccccn23)cc1OCc1cc(N)ccc1Cl. The van der Waals surface area contributed by atoms with Gasteiger partial charge in [0.1, 0.15) is 18.0 Å². The van der Waals surface area contributed by atoms with Gasteiger partial charge in [0.05, 0.1) is 28.1 Å². The Morgan fingerprint density at radius 3 is 2.93 bits per heavy atom. The molecule has 3 aromatic heterocycles. The van der Waals surface area contributed by atoms with Gasteiger partial charge in [-0.25, -0.2) is 4.98 Å². The van der Waals surface area contributed by atoms with Crippen LogP contribution in [0.15, 0.2) is 54.9 Å². The molecule has 0 radical (unpaired) electrons. The van der Waals surface area contributed by atoms with E-state index in [1.165, 1.54) is 11.3 Å². The molecule has 142 valence electrons. The van der Waals surface area contributed by atoms with Crippen molar-refractivity contribution < 1.29 is 9.53 Å². The zero-order valence-corrected chi connectivity index (χ0v) is 16.3. The van der Waals surface area contributed by atoms with Gasteiger partial charge < -0.3 is 16.2 Å². The number of ether oxygens (including phenoxy) is 1. The quantitative estimate of drug-likeness (QED) is 0.469. The van der Waals surface area contributed by atoms with E-state index in [4.69, 9.17) is 27.8 Å². The highest BCUT2D eigenvalue weighted by atomic mass is 35.5. The number of carbonyl (C=O) groups excluding carboxylic acids is 1. The molecule has 3 heterocycles. The Morgan fingerprint density at radius 1 is 1.25 bits per heavy atom. The summed E-state index contributed by atoms with van der Waals surface area (Å²) in [6.07, 6.45) is 3.84. The van der Waals surface area contributed by atoms with Crippen molar-refractivity contribution in [1.29, 1.82) is 0 Å². The number of thiophene rings is 1. The number of nitrogens with two attached hydrogens (primary N) is 2. The third-order valence-corrected chi connectivity index (χ3v) is 5.73. The third-order valence-electron chi connectivity index (χ3n) is 4.23. The average molecular weight is 413 g/mol. The number of rotatable bonds is 6. The number of aromatic nitrogens is 2. The summed E-state index contributed by atoms with van der Waals surface area (Å²) in [5.74, 6) is 0.182. The van der Waals surface area contributed by atoms with E-state index in [0.717, 1.165) is 26.7 Å². The van der Waals surface area contributed by atoms with Crippen molar-refractivity contribution in [2.24, 2.45) is 5.73 Å². The fourth-order valence-corrected chi connectivity index (χ4v) is 4.21. The van der Waals surface area contributed by atoms with Gasteiger partial charge in [0, 0.05) is 28.5 Å². The number of benzene rings is 1. The van der Waals surface area contributed by atoms with Crippen molar-refractivity contribution in [3.8, 4) is 16.3 Å².